The molecule has 6 heteroatoms. The van der Waals surface area contributed by atoms with Gasteiger partial charge in [0.1, 0.15) is 0 Å². The number of rotatable bonds is 6. The third-order valence-electron chi connectivity index (χ3n) is 5.23. The molecule has 1 aliphatic heterocycles. The monoisotopic (exact) mass is 412 g/mol. The number of benzene rings is 2. The fourth-order valence-corrected chi connectivity index (χ4v) is 5.18. The maximum Gasteiger partial charge on any atom is 0.247 e. The molecule has 0 bridgehead atoms. The molecule has 0 aliphatic carbocycles. The predicted octanol–water partition coefficient (Wildman–Crippen LogP) is 3.29. The summed E-state index contributed by atoms with van der Waals surface area (Å²) in [5.74, 6) is 0.0135. The van der Waals surface area contributed by atoms with E-state index in [1.165, 1.54) is 0 Å². The minimum Gasteiger partial charge on any atom is -0.378 e. The molecule has 1 amide bonds. The average molecular weight is 413 g/mol. The molecular weight excluding hydrogens is 384 g/mol. The van der Waals surface area contributed by atoms with E-state index in [0.717, 1.165) is 22.4 Å². The van der Waals surface area contributed by atoms with Crippen LogP contribution in [0, 0.1) is 6.92 Å². The fourth-order valence-electron chi connectivity index (χ4n) is 3.45. The van der Waals surface area contributed by atoms with Crippen molar-refractivity contribution < 1.29 is 13.2 Å². The van der Waals surface area contributed by atoms with E-state index in [-0.39, 0.29) is 23.5 Å². The summed E-state index contributed by atoms with van der Waals surface area (Å²) in [6.07, 6.45) is 3.82. The Morgan fingerprint density at radius 2 is 1.72 bits per heavy atom. The summed E-state index contributed by atoms with van der Waals surface area (Å²) in [5.41, 5.74) is 4.16. The quantitative estimate of drug-likeness (QED) is 0.683. The predicted molar refractivity (Wildman–Crippen MR) is 119 cm³/mol. The van der Waals surface area contributed by atoms with E-state index in [1.54, 1.807) is 17.1 Å². The smallest absolute Gasteiger partial charge is 0.247 e. The van der Waals surface area contributed by atoms with Gasteiger partial charge in [0, 0.05) is 38.4 Å². The third kappa shape index (κ3) is 5.70. The second kappa shape index (κ2) is 8.82. The minimum atomic E-state index is -3.08. The number of nitrogens with zero attached hydrogens (tertiary/aromatic N) is 2. The van der Waals surface area contributed by atoms with Crippen LogP contribution in [0.4, 0.5) is 5.69 Å². The van der Waals surface area contributed by atoms with Crippen molar-refractivity contribution in [1.82, 2.24) is 4.90 Å². The lowest BCUT2D eigenvalue weighted by Crippen LogP contribution is -2.39. The van der Waals surface area contributed by atoms with Crippen LogP contribution in [0.2, 0.25) is 0 Å². The Labute approximate surface area is 173 Å². The molecule has 1 fully saturated rings. The van der Waals surface area contributed by atoms with Crippen molar-refractivity contribution in [2.24, 2.45) is 0 Å². The van der Waals surface area contributed by atoms with Gasteiger partial charge in [0.05, 0.1) is 11.5 Å². The molecule has 1 saturated heterocycles. The van der Waals surface area contributed by atoms with Crippen LogP contribution in [0.1, 0.15) is 23.1 Å². The summed E-state index contributed by atoms with van der Waals surface area (Å²) < 4.78 is 24.0. The van der Waals surface area contributed by atoms with Crippen LogP contribution < -0.4 is 4.90 Å². The molecule has 0 radical (unpaired) electrons. The van der Waals surface area contributed by atoms with Crippen LogP contribution in [0.5, 0.6) is 0 Å². The Hall–Kier alpha value is -2.60. The first-order chi connectivity index (χ1) is 13.7. The van der Waals surface area contributed by atoms with Crippen LogP contribution in [0.25, 0.3) is 6.08 Å². The summed E-state index contributed by atoms with van der Waals surface area (Å²) >= 11 is 0. The first-order valence-corrected chi connectivity index (χ1v) is 11.6. The molecule has 29 heavy (non-hydrogen) atoms. The highest BCUT2D eigenvalue weighted by atomic mass is 32.2. The first kappa shape index (κ1) is 21.1. The van der Waals surface area contributed by atoms with Crippen molar-refractivity contribution in [2.45, 2.75) is 25.9 Å². The van der Waals surface area contributed by atoms with Crippen LogP contribution in [-0.2, 0) is 21.2 Å². The fraction of sp³-hybridized carbons (Fsp3) is 0.348. The van der Waals surface area contributed by atoms with Gasteiger partial charge in [0.25, 0.3) is 0 Å². The van der Waals surface area contributed by atoms with Crippen LogP contribution in [-0.4, -0.2) is 50.9 Å². The molecule has 154 valence electrons. The maximum atomic E-state index is 13.0. The van der Waals surface area contributed by atoms with Gasteiger partial charge < -0.3 is 9.80 Å². The first-order valence-electron chi connectivity index (χ1n) is 9.75. The Morgan fingerprint density at radius 1 is 1.07 bits per heavy atom. The molecule has 5 nitrogen and oxygen atoms in total. The van der Waals surface area contributed by atoms with Crippen LogP contribution in [0.3, 0.4) is 0 Å². The number of hydrogen-bond acceptors (Lipinski definition) is 4. The summed E-state index contributed by atoms with van der Waals surface area (Å²) in [4.78, 5) is 16.7. The lowest BCUT2D eigenvalue weighted by Gasteiger charge is -2.27. The van der Waals surface area contributed by atoms with Crippen molar-refractivity contribution in [3.63, 3.8) is 0 Å². The average Bonchev–Trinajstić information content (AvgIpc) is 3.05. The van der Waals surface area contributed by atoms with E-state index in [9.17, 15) is 13.2 Å². The molecule has 1 unspecified atom stereocenters. The van der Waals surface area contributed by atoms with Crippen molar-refractivity contribution >= 4 is 27.5 Å². The van der Waals surface area contributed by atoms with Crippen LogP contribution >= 0.6 is 0 Å². The van der Waals surface area contributed by atoms with Gasteiger partial charge in [0.15, 0.2) is 9.84 Å². The molecule has 1 heterocycles. The van der Waals surface area contributed by atoms with Crippen molar-refractivity contribution in [2.75, 3.05) is 30.5 Å². The summed E-state index contributed by atoms with van der Waals surface area (Å²) in [7, 11) is 0.872. The molecular formula is C23H28N2O3S. The molecule has 0 saturated carbocycles. The summed E-state index contributed by atoms with van der Waals surface area (Å²) in [6, 6.07) is 15.6. The van der Waals surface area contributed by atoms with E-state index in [4.69, 9.17) is 0 Å². The van der Waals surface area contributed by atoms with Crippen LogP contribution in [0.15, 0.2) is 54.6 Å². The summed E-state index contributed by atoms with van der Waals surface area (Å²) in [5, 5.41) is 0. The molecule has 0 aromatic heterocycles. The van der Waals surface area contributed by atoms with E-state index in [1.807, 2.05) is 74.4 Å². The van der Waals surface area contributed by atoms with Gasteiger partial charge in [0.2, 0.25) is 5.91 Å². The van der Waals surface area contributed by atoms with Crippen molar-refractivity contribution in [1.29, 1.82) is 0 Å². The Balaban J connectivity index is 1.80. The lowest BCUT2D eigenvalue weighted by molar-refractivity contribution is -0.128. The Morgan fingerprint density at radius 3 is 2.28 bits per heavy atom. The number of sulfone groups is 1. The molecule has 0 N–H and O–H groups in total. The standard InChI is InChI=1S/C23H28N2O3S/c1-18-4-6-19(7-5-18)10-13-23(26)25(22-14-15-29(27,28)17-22)16-20-8-11-21(12-9-20)24(2)3/h4-13,22H,14-17H2,1-3H3. The molecule has 2 aromatic carbocycles. The zero-order valence-electron chi connectivity index (χ0n) is 17.2. The van der Waals surface area contributed by atoms with E-state index in [0.29, 0.717) is 13.0 Å². The number of hydrogen-bond donors (Lipinski definition) is 0. The molecule has 1 aliphatic rings. The Kier molecular flexibility index (Phi) is 6.42. The zero-order chi connectivity index (χ0) is 21.0. The van der Waals surface area contributed by atoms with Crippen molar-refractivity contribution in [3.8, 4) is 0 Å². The largest absolute Gasteiger partial charge is 0.378 e. The third-order valence-corrected chi connectivity index (χ3v) is 6.98. The highest BCUT2D eigenvalue weighted by Crippen LogP contribution is 2.22. The van der Waals surface area contributed by atoms with Gasteiger partial charge in [-0.1, -0.05) is 42.0 Å². The minimum absolute atomic E-state index is 0.0346. The van der Waals surface area contributed by atoms with Gasteiger partial charge in [-0.2, -0.15) is 0 Å². The summed E-state index contributed by atoms with van der Waals surface area (Å²) in [6.45, 7) is 2.41. The number of carbonyl (C=O) groups excluding carboxylic acids is 1. The second-order valence-electron chi connectivity index (χ2n) is 7.83. The molecule has 1 atom stereocenters. The van der Waals surface area contributed by atoms with E-state index < -0.39 is 9.84 Å². The molecule has 0 spiro atoms. The zero-order valence-corrected chi connectivity index (χ0v) is 18.0. The number of anilines is 1. The van der Waals surface area contributed by atoms with Gasteiger partial charge in [-0.3, -0.25) is 4.79 Å². The van der Waals surface area contributed by atoms with Gasteiger partial charge in [-0.05, 0) is 42.7 Å². The van der Waals surface area contributed by atoms with E-state index >= 15 is 0 Å². The second-order valence-corrected chi connectivity index (χ2v) is 10.1. The Bertz CT molecular complexity index is 978. The highest BCUT2D eigenvalue weighted by Gasteiger charge is 2.34. The van der Waals surface area contributed by atoms with E-state index in [2.05, 4.69) is 0 Å². The molecule has 3 rings (SSSR count). The number of carbonyl (C=O) groups is 1. The normalized spacial score (nSPS) is 18.1. The van der Waals surface area contributed by atoms with Crippen molar-refractivity contribution in [3.05, 3.63) is 71.3 Å². The molecule has 2 aromatic rings. The van der Waals surface area contributed by atoms with Gasteiger partial charge >= 0.3 is 0 Å². The highest BCUT2D eigenvalue weighted by molar-refractivity contribution is 7.91. The van der Waals surface area contributed by atoms with Gasteiger partial charge in [-0.25, -0.2) is 8.42 Å². The topological polar surface area (TPSA) is 57.7 Å². The maximum absolute atomic E-state index is 13.0. The number of amides is 1. The van der Waals surface area contributed by atoms with Gasteiger partial charge in [-0.15, -0.1) is 0 Å². The lowest BCUT2D eigenvalue weighted by atomic mass is 10.1. The number of aryl methyl sites for hydroxylation is 1. The SMILES string of the molecule is Cc1ccc(C=CC(=O)N(Cc2ccc(N(C)C)cc2)C2CCS(=O)(=O)C2)cc1.